The van der Waals surface area contributed by atoms with E-state index in [1.54, 1.807) is 11.8 Å². The highest BCUT2D eigenvalue weighted by atomic mass is 32.2. The van der Waals surface area contributed by atoms with Crippen LogP contribution in [0.3, 0.4) is 0 Å². The van der Waals surface area contributed by atoms with Gasteiger partial charge in [-0.3, -0.25) is 9.67 Å². The number of aromatic amines is 1. The van der Waals surface area contributed by atoms with Crippen molar-refractivity contribution in [2.75, 3.05) is 4.90 Å². The van der Waals surface area contributed by atoms with Crippen LogP contribution in [0.5, 0.6) is 0 Å². The van der Waals surface area contributed by atoms with Crippen molar-refractivity contribution in [3.8, 4) is 0 Å². The molecule has 1 aliphatic heterocycles. The predicted molar refractivity (Wildman–Crippen MR) is 100 cm³/mol. The zero-order valence-electron chi connectivity index (χ0n) is 13.0. The molecular formula is C18H16N4S2. The van der Waals surface area contributed by atoms with Crippen molar-refractivity contribution in [1.82, 2.24) is 14.8 Å². The Labute approximate surface area is 149 Å². The Morgan fingerprint density at radius 1 is 1.08 bits per heavy atom. The molecule has 6 heteroatoms. The topological polar surface area (TPSA) is 36.9 Å². The molecule has 0 radical (unpaired) electrons. The van der Waals surface area contributed by atoms with E-state index in [0.29, 0.717) is 17.9 Å². The maximum Gasteiger partial charge on any atom is 0.195 e. The van der Waals surface area contributed by atoms with Gasteiger partial charge in [-0.2, -0.15) is 5.10 Å². The first-order chi connectivity index (χ1) is 11.8. The van der Waals surface area contributed by atoms with E-state index in [1.165, 1.54) is 21.2 Å². The second kappa shape index (κ2) is 6.30. The Kier molecular flexibility index (Phi) is 4.00. The van der Waals surface area contributed by atoms with Crippen molar-refractivity contribution in [1.29, 1.82) is 0 Å². The van der Waals surface area contributed by atoms with Gasteiger partial charge >= 0.3 is 0 Å². The summed E-state index contributed by atoms with van der Waals surface area (Å²) < 4.78 is 2.60. The van der Waals surface area contributed by atoms with E-state index in [0.717, 1.165) is 5.82 Å². The number of rotatable bonds is 4. The SMILES string of the molecule is C=CCn1c(CN2c3ccccc3Sc3ccccc32)n[nH]c1=S. The van der Waals surface area contributed by atoms with Crippen molar-refractivity contribution in [2.45, 2.75) is 22.9 Å². The van der Waals surface area contributed by atoms with E-state index in [1.807, 2.05) is 10.6 Å². The zero-order valence-corrected chi connectivity index (χ0v) is 14.6. The Bertz CT molecular complexity index is 912. The van der Waals surface area contributed by atoms with Crippen LogP contribution in [0.15, 0.2) is 71.0 Å². The lowest BCUT2D eigenvalue weighted by Gasteiger charge is -2.32. The summed E-state index contributed by atoms with van der Waals surface area (Å²) in [6.07, 6.45) is 1.84. The van der Waals surface area contributed by atoms with Crippen LogP contribution in [0.25, 0.3) is 0 Å². The van der Waals surface area contributed by atoms with Crippen LogP contribution < -0.4 is 4.90 Å². The third-order valence-corrected chi connectivity index (χ3v) is 5.42. The molecule has 2 heterocycles. The van der Waals surface area contributed by atoms with Gasteiger partial charge in [0.15, 0.2) is 10.6 Å². The number of hydrogen-bond acceptors (Lipinski definition) is 4. The Morgan fingerprint density at radius 3 is 2.33 bits per heavy atom. The average Bonchev–Trinajstić information content (AvgIpc) is 2.95. The van der Waals surface area contributed by atoms with E-state index >= 15 is 0 Å². The minimum Gasteiger partial charge on any atom is -0.332 e. The first-order valence-electron chi connectivity index (χ1n) is 7.66. The summed E-state index contributed by atoms with van der Waals surface area (Å²) in [5.74, 6) is 0.899. The number of allylic oxidation sites excluding steroid dienone is 1. The molecule has 120 valence electrons. The van der Waals surface area contributed by atoms with Crippen LogP contribution in [0, 0.1) is 4.77 Å². The van der Waals surface area contributed by atoms with Gasteiger partial charge in [-0.1, -0.05) is 42.1 Å². The largest absolute Gasteiger partial charge is 0.332 e. The fourth-order valence-corrected chi connectivity index (χ4v) is 4.20. The number of nitrogens with one attached hydrogen (secondary N) is 1. The standard InChI is InChI=1S/C18H16N4S2/c1-2-11-21-17(19-20-18(21)23)12-22-13-7-3-5-9-15(13)24-16-10-6-4-8-14(16)22/h2-10H,1,11-12H2,(H,20,23). The summed E-state index contributed by atoms with van der Waals surface area (Å²) in [4.78, 5) is 4.80. The number of benzene rings is 2. The van der Waals surface area contributed by atoms with E-state index in [-0.39, 0.29) is 0 Å². The lowest BCUT2D eigenvalue weighted by atomic mass is 10.2. The van der Waals surface area contributed by atoms with Gasteiger partial charge in [0, 0.05) is 16.3 Å². The summed E-state index contributed by atoms with van der Waals surface area (Å²) in [5, 5.41) is 7.32. The number of anilines is 2. The molecular weight excluding hydrogens is 336 g/mol. The first-order valence-corrected chi connectivity index (χ1v) is 8.89. The minimum atomic E-state index is 0.623. The summed E-state index contributed by atoms with van der Waals surface area (Å²) in [6.45, 7) is 5.11. The van der Waals surface area contributed by atoms with Crippen molar-refractivity contribution < 1.29 is 0 Å². The van der Waals surface area contributed by atoms with Crippen LogP contribution in [0.1, 0.15) is 5.82 Å². The Hall–Kier alpha value is -2.31. The van der Waals surface area contributed by atoms with Crippen molar-refractivity contribution in [3.05, 3.63) is 71.8 Å². The average molecular weight is 352 g/mol. The highest BCUT2D eigenvalue weighted by Crippen LogP contribution is 2.48. The lowest BCUT2D eigenvalue weighted by Crippen LogP contribution is -2.22. The van der Waals surface area contributed by atoms with Gasteiger partial charge in [0.2, 0.25) is 0 Å². The molecule has 2 aromatic carbocycles. The van der Waals surface area contributed by atoms with Crippen LogP contribution in [0.4, 0.5) is 11.4 Å². The number of H-pyrrole nitrogens is 1. The zero-order chi connectivity index (χ0) is 16.5. The molecule has 3 aromatic rings. The molecule has 1 aromatic heterocycles. The Morgan fingerprint density at radius 2 is 1.71 bits per heavy atom. The number of nitrogens with zero attached hydrogens (tertiary/aromatic N) is 3. The molecule has 0 saturated heterocycles. The van der Waals surface area contributed by atoms with Crippen LogP contribution in [0.2, 0.25) is 0 Å². The Balaban J connectivity index is 1.81. The van der Waals surface area contributed by atoms with E-state index in [9.17, 15) is 0 Å². The lowest BCUT2D eigenvalue weighted by molar-refractivity contribution is 0.719. The van der Waals surface area contributed by atoms with Gasteiger partial charge in [0.1, 0.15) is 0 Å². The van der Waals surface area contributed by atoms with E-state index < -0.39 is 0 Å². The maximum absolute atomic E-state index is 5.34. The number of hydrogen-bond donors (Lipinski definition) is 1. The molecule has 0 atom stereocenters. The van der Waals surface area contributed by atoms with E-state index in [4.69, 9.17) is 12.2 Å². The molecule has 0 bridgehead atoms. The fourth-order valence-electron chi connectivity index (χ4n) is 2.88. The van der Waals surface area contributed by atoms with Gasteiger partial charge in [-0.25, -0.2) is 0 Å². The van der Waals surface area contributed by atoms with Gasteiger partial charge in [0.25, 0.3) is 0 Å². The van der Waals surface area contributed by atoms with E-state index in [2.05, 4.69) is 70.2 Å². The summed E-state index contributed by atoms with van der Waals surface area (Å²) in [6, 6.07) is 16.9. The molecule has 0 fully saturated rings. The summed E-state index contributed by atoms with van der Waals surface area (Å²) in [5.41, 5.74) is 2.39. The van der Waals surface area contributed by atoms with Crippen molar-refractivity contribution in [2.24, 2.45) is 0 Å². The third kappa shape index (κ3) is 2.57. The van der Waals surface area contributed by atoms with Gasteiger partial charge in [0.05, 0.1) is 17.9 Å². The second-order valence-corrected chi connectivity index (χ2v) is 6.94. The number of para-hydroxylation sites is 2. The van der Waals surface area contributed by atoms with Gasteiger partial charge in [-0.05, 0) is 36.5 Å². The summed E-state index contributed by atoms with van der Waals surface area (Å²) >= 11 is 7.14. The van der Waals surface area contributed by atoms with Crippen LogP contribution >= 0.6 is 24.0 Å². The molecule has 4 rings (SSSR count). The second-order valence-electron chi connectivity index (χ2n) is 5.47. The minimum absolute atomic E-state index is 0.623. The molecule has 1 N–H and O–H groups in total. The molecule has 0 amide bonds. The normalized spacial score (nSPS) is 12.6. The molecule has 1 aliphatic rings. The van der Waals surface area contributed by atoms with Crippen molar-refractivity contribution in [3.63, 3.8) is 0 Å². The van der Waals surface area contributed by atoms with Gasteiger partial charge in [-0.15, -0.1) is 6.58 Å². The van der Waals surface area contributed by atoms with Gasteiger partial charge < -0.3 is 4.90 Å². The molecule has 4 nitrogen and oxygen atoms in total. The van der Waals surface area contributed by atoms with Crippen molar-refractivity contribution >= 4 is 35.4 Å². The third-order valence-electron chi connectivity index (χ3n) is 3.98. The smallest absolute Gasteiger partial charge is 0.195 e. The highest BCUT2D eigenvalue weighted by molar-refractivity contribution is 7.99. The number of fused-ring (bicyclic) bond motifs is 2. The fraction of sp³-hybridized carbons (Fsp3) is 0.111. The predicted octanol–water partition coefficient (Wildman–Crippen LogP) is 4.93. The first kappa shape index (κ1) is 15.2. The number of aromatic nitrogens is 3. The maximum atomic E-state index is 5.34. The molecule has 0 aliphatic carbocycles. The summed E-state index contributed by atoms with van der Waals surface area (Å²) in [7, 11) is 0. The molecule has 0 saturated carbocycles. The monoisotopic (exact) mass is 352 g/mol. The molecule has 0 spiro atoms. The van der Waals surface area contributed by atoms with Crippen LogP contribution in [-0.4, -0.2) is 14.8 Å². The highest BCUT2D eigenvalue weighted by Gasteiger charge is 2.24. The van der Waals surface area contributed by atoms with Crippen LogP contribution in [-0.2, 0) is 13.1 Å². The quantitative estimate of drug-likeness (QED) is 0.533. The molecule has 0 unspecified atom stereocenters. The molecule has 24 heavy (non-hydrogen) atoms.